The quantitative estimate of drug-likeness (QED) is 0.907. The van der Waals surface area contributed by atoms with Crippen LogP contribution in [0, 0.1) is 0 Å². The summed E-state index contributed by atoms with van der Waals surface area (Å²) in [5.41, 5.74) is 3.73. The van der Waals surface area contributed by atoms with E-state index in [1.807, 2.05) is 12.1 Å². The maximum atomic E-state index is 12.5. The molecule has 2 aliphatic rings. The highest BCUT2D eigenvalue weighted by Crippen LogP contribution is 2.30. The number of allylic oxidation sites excluding steroid dienone is 1. The summed E-state index contributed by atoms with van der Waals surface area (Å²) in [5, 5.41) is 2.76. The van der Waals surface area contributed by atoms with E-state index in [2.05, 4.69) is 31.8 Å². The van der Waals surface area contributed by atoms with Crippen molar-refractivity contribution in [2.24, 2.45) is 0 Å². The molecule has 21 heavy (non-hydrogen) atoms. The average Bonchev–Trinajstić information content (AvgIpc) is 2.75. The molecule has 0 spiro atoms. The fourth-order valence-electron chi connectivity index (χ4n) is 3.03. The number of fused-ring (bicyclic) bond motifs is 1. The minimum absolute atomic E-state index is 0.0343. The van der Waals surface area contributed by atoms with E-state index in [9.17, 15) is 9.59 Å². The fourth-order valence-corrected chi connectivity index (χ4v) is 3.03. The summed E-state index contributed by atoms with van der Waals surface area (Å²) in [7, 11) is 0. The van der Waals surface area contributed by atoms with Crippen LogP contribution >= 0.6 is 0 Å². The van der Waals surface area contributed by atoms with Crippen molar-refractivity contribution >= 4 is 11.8 Å². The standard InChI is InChI=1S/C17H20N2O2/c1-10(2)12-5-6-14-13(8-12)9-19(17(14)21)15-7-4-11(3)18-16(15)20/h5-6,8,10,15H,3-4,7,9H2,1-2H3,(H,18,20)/t15-/m1/s1. The van der Waals surface area contributed by atoms with Crippen LogP contribution in [0.4, 0.5) is 0 Å². The van der Waals surface area contributed by atoms with E-state index in [0.717, 1.165) is 23.2 Å². The van der Waals surface area contributed by atoms with Crippen LogP contribution in [-0.4, -0.2) is 22.8 Å². The summed E-state index contributed by atoms with van der Waals surface area (Å²) in [6.07, 6.45) is 1.38. The molecule has 110 valence electrons. The lowest BCUT2D eigenvalue weighted by atomic mass is 9.98. The van der Waals surface area contributed by atoms with Gasteiger partial charge in [0.1, 0.15) is 6.04 Å². The van der Waals surface area contributed by atoms with Gasteiger partial charge in [-0.05, 0) is 36.0 Å². The smallest absolute Gasteiger partial charge is 0.255 e. The molecule has 2 amide bonds. The normalized spacial score (nSPS) is 21.8. The molecule has 0 aliphatic carbocycles. The Morgan fingerprint density at radius 3 is 2.76 bits per heavy atom. The van der Waals surface area contributed by atoms with Crippen molar-refractivity contribution in [3.63, 3.8) is 0 Å². The van der Waals surface area contributed by atoms with E-state index < -0.39 is 0 Å². The van der Waals surface area contributed by atoms with Gasteiger partial charge in [0.25, 0.3) is 5.91 Å². The molecule has 0 bridgehead atoms. The second kappa shape index (κ2) is 5.02. The number of hydrogen-bond acceptors (Lipinski definition) is 2. The maximum Gasteiger partial charge on any atom is 0.255 e. The van der Waals surface area contributed by atoms with Gasteiger partial charge in [-0.15, -0.1) is 0 Å². The zero-order valence-corrected chi connectivity index (χ0v) is 12.5. The number of benzene rings is 1. The first-order valence-electron chi connectivity index (χ1n) is 7.40. The van der Waals surface area contributed by atoms with Crippen LogP contribution in [0.1, 0.15) is 54.1 Å². The van der Waals surface area contributed by atoms with Gasteiger partial charge in [0.15, 0.2) is 0 Å². The largest absolute Gasteiger partial charge is 0.329 e. The monoisotopic (exact) mass is 284 g/mol. The molecule has 1 saturated heterocycles. The third-order valence-corrected chi connectivity index (χ3v) is 4.33. The second-order valence-electron chi connectivity index (χ2n) is 6.15. The minimum Gasteiger partial charge on any atom is -0.329 e. The molecule has 2 aliphatic heterocycles. The predicted octanol–water partition coefficient (Wildman–Crippen LogP) is 2.56. The van der Waals surface area contributed by atoms with Crippen molar-refractivity contribution in [1.29, 1.82) is 0 Å². The van der Waals surface area contributed by atoms with Gasteiger partial charge in [-0.25, -0.2) is 0 Å². The number of carbonyl (C=O) groups is 2. The molecular weight excluding hydrogens is 264 g/mol. The highest BCUT2D eigenvalue weighted by molar-refractivity contribution is 6.01. The highest BCUT2D eigenvalue weighted by atomic mass is 16.2. The summed E-state index contributed by atoms with van der Waals surface area (Å²) in [4.78, 5) is 26.3. The fraction of sp³-hybridized carbons (Fsp3) is 0.412. The molecule has 0 saturated carbocycles. The molecule has 1 atom stereocenters. The Labute approximate surface area is 124 Å². The van der Waals surface area contributed by atoms with E-state index in [1.165, 1.54) is 5.56 Å². The van der Waals surface area contributed by atoms with E-state index in [-0.39, 0.29) is 17.9 Å². The summed E-state index contributed by atoms with van der Waals surface area (Å²) in [6.45, 7) is 8.58. The van der Waals surface area contributed by atoms with E-state index in [4.69, 9.17) is 0 Å². The topological polar surface area (TPSA) is 49.4 Å². The average molecular weight is 284 g/mol. The third kappa shape index (κ3) is 2.35. The predicted molar refractivity (Wildman–Crippen MR) is 80.7 cm³/mol. The first-order chi connectivity index (χ1) is 9.97. The molecule has 1 aromatic rings. The minimum atomic E-state index is -0.377. The van der Waals surface area contributed by atoms with Crippen LogP contribution in [0.5, 0.6) is 0 Å². The highest BCUT2D eigenvalue weighted by Gasteiger charge is 2.38. The Hall–Kier alpha value is -2.10. The second-order valence-corrected chi connectivity index (χ2v) is 6.15. The summed E-state index contributed by atoms with van der Waals surface area (Å²) in [6, 6.07) is 5.62. The Kier molecular flexibility index (Phi) is 3.32. The Morgan fingerprint density at radius 1 is 1.33 bits per heavy atom. The van der Waals surface area contributed by atoms with Gasteiger partial charge in [-0.3, -0.25) is 9.59 Å². The van der Waals surface area contributed by atoms with E-state index in [0.29, 0.717) is 18.9 Å². The molecule has 3 rings (SSSR count). The van der Waals surface area contributed by atoms with E-state index >= 15 is 0 Å². The summed E-state index contributed by atoms with van der Waals surface area (Å²) >= 11 is 0. The number of amides is 2. The van der Waals surface area contributed by atoms with Crippen molar-refractivity contribution in [2.75, 3.05) is 0 Å². The van der Waals surface area contributed by atoms with Crippen LogP contribution in [0.3, 0.4) is 0 Å². The van der Waals surface area contributed by atoms with Gasteiger partial charge in [0, 0.05) is 17.8 Å². The molecular formula is C17H20N2O2. The lowest BCUT2D eigenvalue weighted by molar-refractivity contribution is -0.126. The third-order valence-electron chi connectivity index (χ3n) is 4.33. The Bertz CT molecular complexity index is 634. The molecule has 1 fully saturated rings. The molecule has 0 aromatic heterocycles. The zero-order valence-electron chi connectivity index (χ0n) is 12.5. The molecule has 4 heteroatoms. The number of piperidine rings is 1. The number of rotatable bonds is 2. The van der Waals surface area contributed by atoms with Crippen LogP contribution in [0.2, 0.25) is 0 Å². The number of nitrogens with zero attached hydrogens (tertiary/aromatic N) is 1. The number of carbonyl (C=O) groups excluding carboxylic acids is 2. The molecule has 0 unspecified atom stereocenters. The molecule has 1 N–H and O–H groups in total. The first kappa shape index (κ1) is 13.9. The van der Waals surface area contributed by atoms with Gasteiger partial charge in [0.05, 0.1) is 0 Å². The van der Waals surface area contributed by atoms with Crippen molar-refractivity contribution in [2.45, 2.75) is 45.2 Å². The number of hydrogen-bond donors (Lipinski definition) is 1. The Morgan fingerprint density at radius 2 is 2.10 bits per heavy atom. The first-order valence-corrected chi connectivity index (χ1v) is 7.40. The van der Waals surface area contributed by atoms with Gasteiger partial charge < -0.3 is 10.2 Å². The zero-order chi connectivity index (χ0) is 15.1. The molecule has 0 radical (unpaired) electrons. The van der Waals surface area contributed by atoms with Gasteiger partial charge in [-0.1, -0.05) is 32.6 Å². The summed E-state index contributed by atoms with van der Waals surface area (Å²) in [5.74, 6) is 0.283. The van der Waals surface area contributed by atoms with Gasteiger partial charge >= 0.3 is 0 Å². The van der Waals surface area contributed by atoms with Crippen LogP contribution in [0.15, 0.2) is 30.5 Å². The lowest BCUT2D eigenvalue weighted by Crippen LogP contribution is -2.49. The number of nitrogens with one attached hydrogen (secondary N) is 1. The van der Waals surface area contributed by atoms with Crippen molar-refractivity contribution in [3.8, 4) is 0 Å². The van der Waals surface area contributed by atoms with Crippen molar-refractivity contribution in [3.05, 3.63) is 47.2 Å². The van der Waals surface area contributed by atoms with Gasteiger partial charge in [-0.2, -0.15) is 0 Å². The van der Waals surface area contributed by atoms with Crippen LogP contribution in [-0.2, 0) is 11.3 Å². The molecule has 4 nitrogen and oxygen atoms in total. The SMILES string of the molecule is C=C1CC[C@@H](N2Cc3cc(C(C)C)ccc3C2=O)C(=O)N1. The maximum absolute atomic E-state index is 12.5. The van der Waals surface area contributed by atoms with Crippen molar-refractivity contribution in [1.82, 2.24) is 10.2 Å². The van der Waals surface area contributed by atoms with Crippen LogP contribution in [0.25, 0.3) is 0 Å². The summed E-state index contributed by atoms with van der Waals surface area (Å²) < 4.78 is 0. The Balaban J connectivity index is 1.86. The van der Waals surface area contributed by atoms with E-state index in [1.54, 1.807) is 4.90 Å². The molecule has 2 heterocycles. The molecule has 1 aromatic carbocycles. The van der Waals surface area contributed by atoms with Crippen LogP contribution < -0.4 is 5.32 Å². The van der Waals surface area contributed by atoms with Crippen molar-refractivity contribution < 1.29 is 9.59 Å². The lowest BCUT2D eigenvalue weighted by Gasteiger charge is -2.30. The van der Waals surface area contributed by atoms with Gasteiger partial charge in [0.2, 0.25) is 5.91 Å².